The van der Waals surface area contributed by atoms with Crippen LogP contribution in [-0.2, 0) is 4.74 Å². The molecule has 5 nitrogen and oxygen atoms in total. The lowest BCUT2D eigenvalue weighted by Gasteiger charge is -2.20. The molecule has 0 amide bonds. The van der Waals surface area contributed by atoms with E-state index in [1.54, 1.807) is 25.6 Å². The maximum Gasteiger partial charge on any atom is 0.134 e. The molecule has 114 valence electrons. The van der Waals surface area contributed by atoms with Crippen molar-refractivity contribution in [1.82, 2.24) is 5.43 Å². The van der Waals surface area contributed by atoms with Crippen LogP contribution in [0.4, 0.5) is 0 Å². The Balaban J connectivity index is 2.29. The lowest BCUT2D eigenvalue weighted by atomic mass is 10.0. The molecule has 0 aliphatic carbocycles. The molecule has 1 atom stereocenters. The van der Waals surface area contributed by atoms with Crippen molar-refractivity contribution in [2.75, 3.05) is 27.4 Å². The minimum Gasteiger partial charge on any atom is -0.496 e. The van der Waals surface area contributed by atoms with E-state index in [4.69, 9.17) is 20.1 Å². The van der Waals surface area contributed by atoms with Gasteiger partial charge in [-0.1, -0.05) is 18.2 Å². The highest BCUT2D eigenvalue weighted by molar-refractivity contribution is 7.10. The van der Waals surface area contributed by atoms with Gasteiger partial charge in [0.15, 0.2) is 0 Å². The minimum absolute atomic E-state index is 0.182. The SMILES string of the molecule is COCCOc1ccccc1C(NN)c1sccc1OC. The molecule has 0 saturated carbocycles. The molecule has 2 rings (SSSR count). The van der Waals surface area contributed by atoms with Crippen molar-refractivity contribution in [2.45, 2.75) is 6.04 Å². The van der Waals surface area contributed by atoms with Crippen LogP contribution in [-0.4, -0.2) is 27.4 Å². The summed E-state index contributed by atoms with van der Waals surface area (Å²) in [6.07, 6.45) is 0. The summed E-state index contributed by atoms with van der Waals surface area (Å²) in [7, 11) is 3.30. The van der Waals surface area contributed by atoms with Gasteiger partial charge in [0.1, 0.15) is 18.1 Å². The van der Waals surface area contributed by atoms with Crippen LogP contribution >= 0.6 is 11.3 Å². The largest absolute Gasteiger partial charge is 0.496 e. The average molecular weight is 308 g/mol. The zero-order valence-electron chi connectivity index (χ0n) is 12.2. The molecule has 21 heavy (non-hydrogen) atoms. The molecule has 0 aliphatic rings. The zero-order valence-corrected chi connectivity index (χ0v) is 13.0. The molecule has 1 unspecified atom stereocenters. The number of thiophene rings is 1. The van der Waals surface area contributed by atoms with Gasteiger partial charge < -0.3 is 14.2 Å². The third-order valence-corrected chi connectivity index (χ3v) is 4.04. The quantitative estimate of drug-likeness (QED) is 0.445. The molecule has 0 bridgehead atoms. The summed E-state index contributed by atoms with van der Waals surface area (Å²) in [4.78, 5) is 1.02. The maximum atomic E-state index is 5.78. The van der Waals surface area contributed by atoms with Crippen molar-refractivity contribution in [3.63, 3.8) is 0 Å². The van der Waals surface area contributed by atoms with Crippen molar-refractivity contribution in [1.29, 1.82) is 0 Å². The van der Waals surface area contributed by atoms with Crippen LogP contribution in [0.15, 0.2) is 35.7 Å². The van der Waals surface area contributed by atoms with Crippen LogP contribution in [0, 0.1) is 0 Å². The van der Waals surface area contributed by atoms with Crippen molar-refractivity contribution in [2.24, 2.45) is 5.84 Å². The van der Waals surface area contributed by atoms with Crippen molar-refractivity contribution >= 4 is 11.3 Å². The number of ether oxygens (including phenoxy) is 3. The van der Waals surface area contributed by atoms with Gasteiger partial charge in [-0.05, 0) is 17.5 Å². The molecule has 0 saturated heterocycles. The predicted molar refractivity (Wildman–Crippen MR) is 83.9 cm³/mol. The molecule has 1 heterocycles. The van der Waals surface area contributed by atoms with Crippen LogP contribution in [0.5, 0.6) is 11.5 Å². The Kier molecular flexibility index (Phi) is 6.01. The van der Waals surface area contributed by atoms with Crippen LogP contribution in [0.25, 0.3) is 0 Å². The first-order valence-corrected chi connectivity index (χ1v) is 7.48. The van der Waals surface area contributed by atoms with E-state index in [1.165, 1.54) is 0 Å². The Bertz CT molecular complexity index is 559. The van der Waals surface area contributed by atoms with Gasteiger partial charge in [-0.2, -0.15) is 0 Å². The molecule has 6 heteroatoms. The monoisotopic (exact) mass is 308 g/mol. The lowest BCUT2D eigenvalue weighted by molar-refractivity contribution is 0.145. The molecule has 3 N–H and O–H groups in total. The van der Waals surface area contributed by atoms with Crippen LogP contribution in [0.1, 0.15) is 16.5 Å². The molecule has 2 aromatic rings. The number of hydrogen-bond donors (Lipinski definition) is 2. The molecule has 0 spiro atoms. The van der Waals surface area contributed by atoms with Crippen molar-refractivity contribution in [3.8, 4) is 11.5 Å². The predicted octanol–water partition coefficient (Wildman–Crippen LogP) is 2.33. The summed E-state index contributed by atoms with van der Waals surface area (Å²) in [5.74, 6) is 7.36. The second-order valence-electron chi connectivity index (χ2n) is 4.33. The standard InChI is InChI=1S/C15H20N2O3S/c1-18-8-9-20-12-6-4-3-5-11(12)14(17-16)15-13(19-2)7-10-21-15/h3-7,10,14,17H,8-9,16H2,1-2H3. The summed E-state index contributed by atoms with van der Waals surface area (Å²) in [5.41, 5.74) is 3.81. The molecule has 0 radical (unpaired) electrons. The molecule has 0 aliphatic heterocycles. The summed E-state index contributed by atoms with van der Waals surface area (Å²) in [6.45, 7) is 1.03. The molecule has 1 aromatic heterocycles. The van der Waals surface area contributed by atoms with E-state index >= 15 is 0 Å². The Morgan fingerprint density at radius 3 is 2.67 bits per heavy atom. The zero-order chi connectivity index (χ0) is 15.1. The van der Waals surface area contributed by atoms with Crippen molar-refractivity contribution in [3.05, 3.63) is 46.2 Å². The highest BCUT2D eigenvalue weighted by Gasteiger charge is 2.21. The van der Waals surface area contributed by atoms with Gasteiger partial charge in [0.05, 0.1) is 24.6 Å². The number of nitrogens with two attached hydrogens (primary N) is 1. The van der Waals surface area contributed by atoms with E-state index in [-0.39, 0.29) is 6.04 Å². The van der Waals surface area contributed by atoms with E-state index < -0.39 is 0 Å². The van der Waals surface area contributed by atoms with Gasteiger partial charge in [-0.3, -0.25) is 5.84 Å². The summed E-state index contributed by atoms with van der Waals surface area (Å²) in [6, 6.07) is 9.56. The Hall–Kier alpha value is -1.60. The first-order valence-electron chi connectivity index (χ1n) is 6.60. The van der Waals surface area contributed by atoms with Gasteiger partial charge in [0, 0.05) is 12.7 Å². The normalized spacial score (nSPS) is 12.1. The number of para-hydroxylation sites is 1. The van der Waals surface area contributed by atoms with E-state index in [1.807, 2.05) is 35.7 Å². The van der Waals surface area contributed by atoms with Gasteiger partial charge in [-0.15, -0.1) is 11.3 Å². The molecule has 1 aromatic carbocycles. The van der Waals surface area contributed by atoms with E-state index in [9.17, 15) is 0 Å². The molecular formula is C15H20N2O3S. The Labute approximate surface area is 128 Å². The third kappa shape index (κ3) is 3.74. The third-order valence-electron chi connectivity index (χ3n) is 3.08. The first kappa shape index (κ1) is 15.8. The lowest BCUT2D eigenvalue weighted by Crippen LogP contribution is -2.29. The van der Waals surface area contributed by atoms with Crippen LogP contribution < -0.4 is 20.7 Å². The van der Waals surface area contributed by atoms with E-state index in [2.05, 4.69) is 5.43 Å². The second kappa shape index (κ2) is 7.99. The smallest absolute Gasteiger partial charge is 0.134 e. The fourth-order valence-electron chi connectivity index (χ4n) is 2.08. The van der Waals surface area contributed by atoms with E-state index in [0.29, 0.717) is 13.2 Å². The highest BCUT2D eigenvalue weighted by atomic mass is 32.1. The Morgan fingerprint density at radius 2 is 1.95 bits per heavy atom. The van der Waals surface area contributed by atoms with Gasteiger partial charge in [-0.25, -0.2) is 5.43 Å². The number of benzene rings is 1. The first-order chi connectivity index (χ1) is 10.3. The fourth-order valence-corrected chi connectivity index (χ4v) is 3.02. The fraction of sp³-hybridized carbons (Fsp3) is 0.333. The van der Waals surface area contributed by atoms with Gasteiger partial charge in [0.2, 0.25) is 0 Å². The van der Waals surface area contributed by atoms with Crippen LogP contribution in [0.3, 0.4) is 0 Å². The Morgan fingerprint density at radius 1 is 1.14 bits per heavy atom. The summed E-state index contributed by atoms with van der Waals surface area (Å²) >= 11 is 1.59. The minimum atomic E-state index is -0.182. The number of hydrazine groups is 1. The molecular weight excluding hydrogens is 288 g/mol. The number of nitrogens with one attached hydrogen (secondary N) is 1. The van der Waals surface area contributed by atoms with Crippen LogP contribution in [0.2, 0.25) is 0 Å². The summed E-state index contributed by atoms with van der Waals surface area (Å²) in [5, 5.41) is 1.98. The average Bonchev–Trinajstić information content (AvgIpc) is 2.98. The number of rotatable bonds is 8. The topological polar surface area (TPSA) is 65.7 Å². The van der Waals surface area contributed by atoms with Gasteiger partial charge >= 0.3 is 0 Å². The second-order valence-corrected chi connectivity index (χ2v) is 5.28. The van der Waals surface area contributed by atoms with E-state index in [0.717, 1.165) is 21.9 Å². The number of hydrogen-bond acceptors (Lipinski definition) is 6. The number of methoxy groups -OCH3 is 2. The van der Waals surface area contributed by atoms with Gasteiger partial charge in [0.25, 0.3) is 0 Å². The van der Waals surface area contributed by atoms with Crippen molar-refractivity contribution < 1.29 is 14.2 Å². The molecule has 0 fully saturated rings. The summed E-state index contributed by atoms with van der Waals surface area (Å²) < 4.78 is 16.2. The maximum absolute atomic E-state index is 5.78. The highest BCUT2D eigenvalue weighted by Crippen LogP contribution is 2.37.